The highest BCUT2D eigenvalue weighted by molar-refractivity contribution is 5.99. The topological polar surface area (TPSA) is 95.4 Å². The number of carbonyl (C=O) groups excluding carboxylic acids is 2. The Balaban J connectivity index is 0.00000126. The molecule has 0 radical (unpaired) electrons. The van der Waals surface area contributed by atoms with Crippen molar-refractivity contribution in [3.63, 3.8) is 0 Å². The molecule has 1 aliphatic carbocycles. The van der Waals surface area contributed by atoms with Gasteiger partial charge in [-0.05, 0) is 56.0 Å². The van der Waals surface area contributed by atoms with E-state index in [9.17, 15) is 9.59 Å². The van der Waals surface area contributed by atoms with Crippen LogP contribution < -0.4 is 16.2 Å². The van der Waals surface area contributed by atoms with Gasteiger partial charge in [0.1, 0.15) is 5.75 Å². The lowest BCUT2D eigenvalue weighted by Gasteiger charge is -2.26. The molecule has 0 heterocycles. The van der Waals surface area contributed by atoms with Gasteiger partial charge in [-0.25, -0.2) is 0 Å². The fourth-order valence-corrected chi connectivity index (χ4v) is 3.33. The molecule has 4 N–H and O–H groups in total. The maximum Gasteiger partial charge on any atom is 0.314 e. The third-order valence-corrected chi connectivity index (χ3v) is 4.66. The van der Waals surface area contributed by atoms with Gasteiger partial charge in [-0.2, -0.15) is 0 Å². The zero-order valence-corrected chi connectivity index (χ0v) is 16.0. The maximum absolute atomic E-state index is 12.6. The van der Waals surface area contributed by atoms with Crippen molar-refractivity contribution in [3.05, 3.63) is 54.1 Å². The predicted molar refractivity (Wildman–Crippen MR) is 108 cm³/mol. The van der Waals surface area contributed by atoms with Crippen LogP contribution in [0.2, 0.25) is 0 Å². The number of esters is 1. The Hall–Kier alpha value is -2.82. The predicted octanol–water partition coefficient (Wildman–Crippen LogP) is 4.47. The lowest BCUT2D eigenvalue weighted by atomic mass is 9.78. The maximum atomic E-state index is 12.6. The number of rotatable bonds is 4. The molecule has 0 amide bonds. The minimum absolute atomic E-state index is 0.0499. The Bertz CT molecular complexity index is 746. The van der Waals surface area contributed by atoms with Crippen LogP contribution in [0.1, 0.15) is 49.9 Å². The first-order valence-corrected chi connectivity index (χ1v) is 9.50. The molecule has 0 unspecified atom stereocenters. The van der Waals surface area contributed by atoms with E-state index >= 15 is 0 Å². The van der Waals surface area contributed by atoms with Gasteiger partial charge >= 0.3 is 5.97 Å². The zero-order chi connectivity index (χ0) is 19.8. The van der Waals surface area contributed by atoms with E-state index in [4.69, 9.17) is 16.2 Å². The van der Waals surface area contributed by atoms with Gasteiger partial charge in [0.2, 0.25) is 0 Å². The second-order valence-electron chi connectivity index (χ2n) is 6.54. The second kappa shape index (κ2) is 9.76. The third-order valence-electron chi connectivity index (χ3n) is 4.66. The first kappa shape index (κ1) is 20.5. The molecule has 1 aliphatic rings. The normalized spacial score (nSPS) is 18.7. The van der Waals surface area contributed by atoms with Crippen LogP contribution >= 0.6 is 0 Å². The highest BCUT2D eigenvalue weighted by Crippen LogP contribution is 2.32. The number of nitrogen functional groups attached to an aromatic ring is 2. The molecule has 1 fully saturated rings. The quantitative estimate of drug-likeness (QED) is 0.359. The van der Waals surface area contributed by atoms with Gasteiger partial charge in [0.25, 0.3) is 0 Å². The summed E-state index contributed by atoms with van der Waals surface area (Å²) in [4.78, 5) is 24.9. The molecule has 2 aromatic carbocycles. The van der Waals surface area contributed by atoms with E-state index in [1.165, 1.54) is 0 Å². The van der Waals surface area contributed by atoms with Crippen LogP contribution in [0, 0.1) is 11.8 Å². The molecule has 5 nitrogen and oxygen atoms in total. The smallest absolute Gasteiger partial charge is 0.314 e. The van der Waals surface area contributed by atoms with E-state index < -0.39 is 0 Å². The Morgan fingerprint density at radius 1 is 0.852 bits per heavy atom. The second-order valence-corrected chi connectivity index (χ2v) is 6.54. The molecule has 5 heteroatoms. The van der Waals surface area contributed by atoms with Gasteiger partial charge in [0.05, 0.1) is 5.92 Å². The van der Waals surface area contributed by atoms with E-state index in [2.05, 4.69) is 0 Å². The summed E-state index contributed by atoms with van der Waals surface area (Å²) in [5, 5.41) is 0. The Morgan fingerprint density at radius 2 is 1.37 bits per heavy atom. The van der Waals surface area contributed by atoms with Crippen LogP contribution in [0.15, 0.2) is 48.5 Å². The van der Waals surface area contributed by atoms with Gasteiger partial charge in [-0.15, -0.1) is 0 Å². The van der Waals surface area contributed by atoms with Gasteiger partial charge in [-0.3, -0.25) is 9.59 Å². The number of carbonyl (C=O) groups is 2. The Morgan fingerprint density at radius 3 is 1.93 bits per heavy atom. The van der Waals surface area contributed by atoms with Gasteiger partial charge in [0, 0.05) is 22.9 Å². The number of hydrogen-bond acceptors (Lipinski definition) is 5. The lowest BCUT2D eigenvalue weighted by Crippen LogP contribution is -2.28. The molecular weight excluding hydrogens is 340 g/mol. The molecule has 0 aromatic heterocycles. The molecule has 2 aromatic rings. The minimum atomic E-state index is -0.217. The van der Waals surface area contributed by atoms with Crippen molar-refractivity contribution < 1.29 is 14.3 Å². The molecule has 0 aliphatic heterocycles. The van der Waals surface area contributed by atoms with E-state index in [1.807, 2.05) is 32.0 Å². The molecule has 1 saturated carbocycles. The van der Waals surface area contributed by atoms with Crippen molar-refractivity contribution in [2.24, 2.45) is 11.8 Å². The summed E-state index contributed by atoms with van der Waals surface area (Å²) in [5.74, 6) is 0.136. The van der Waals surface area contributed by atoms with Crippen LogP contribution in [-0.4, -0.2) is 11.8 Å². The van der Waals surface area contributed by atoms with E-state index in [0.29, 0.717) is 48.4 Å². The first-order valence-electron chi connectivity index (χ1n) is 9.50. The van der Waals surface area contributed by atoms with Crippen LogP contribution in [0.5, 0.6) is 5.75 Å². The minimum Gasteiger partial charge on any atom is -0.426 e. The molecule has 0 spiro atoms. The first-order chi connectivity index (χ1) is 13.0. The van der Waals surface area contributed by atoms with Crippen molar-refractivity contribution in [1.29, 1.82) is 0 Å². The van der Waals surface area contributed by atoms with Crippen molar-refractivity contribution >= 4 is 23.1 Å². The SMILES string of the molecule is CC.Nc1cc(N)cc(C(=O)C2CCC(C(=O)Oc3ccccc3)CC2)c1. The summed E-state index contributed by atoms with van der Waals surface area (Å²) in [7, 11) is 0. The number of anilines is 2. The molecule has 27 heavy (non-hydrogen) atoms. The van der Waals surface area contributed by atoms with E-state index in [1.54, 1.807) is 30.3 Å². The van der Waals surface area contributed by atoms with Gasteiger partial charge in [-0.1, -0.05) is 32.0 Å². The Kier molecular flexibility index (Phi) is 7.41. The third kappa shape index (κ3) is 5.58. The van der Waals surface area contributed by atoms with Gasteiger partial charge < -0.3 is 16.2 Å². The van der Waals surface area contributed by atoms with Crippen molar-refractivity contribution in [3.8, 4) is 5.75 Å². The van der Waals surface area contributed by atoms with Crippen molar-refractivity contribution in [1.82, 2.24) is 0 Å². The summed E-state index contributed by atoms with van der Waals surface area (Å²) in [5.41, 5.74) is 13.1. The van der Waals surface area contributed by atoms with E-state index in [0.717, 1.165) is 0 Å². The number of para-hydroxylation sites is 1. The number of benzene rings is 2. The van der Waals surface area contributed by atoms with Gasteiger partial charge in [0.15, 0.2) is 5.78 Å². The van der Waals surface area contributed by atoms with Crippen LogP contribution in [0.25, 0.3) is 0 Å². The summed E-state index contributed by atoms with van der Waals surface area (Å²) < 4.78 is 5.41. The highest BCUT2D eigenvalue weighted by atomic mass is 16.5. The number of hydrogen-bond donors (Lipinski definition) is 2. The molecular formula is C22H28N2O3. The fourth-order valence-electron chi connectivity index (χ4n) is 3.33. The molecule has 3 rings (SSSR count). The summed E-state index contributed by atoms with van der Waals surface area (Å²) >= 11 is 0. The standard InChI is InChI=1S/C20H22N2O3.C2H6/c21-16-10-15(11-17(22)12-16)19(23)13-6-8-14(9-7-13)20(24)25-18-4-2-1-3-5-18;1-2/h1-5,10-14H,6-9,21-22H2;1-2H3. The number of Topliss-reactive ketones (excluding diaryl/α,β-unsaturated/α-hetero) is 1. The van der Waals surface area contributed by atoms with Crippen molar-refractivity contribution in [2.45, 2.75) is 39.5 Å². The lowest BCUT2D eigenvalue weighted by molar-refractivity contribution is -0.140. The van der Waals surface area contributed by atoms with Crippen LogP contribution in [0.4, 0.5) is 11.4 Å². The van der Waals surface area contributed by atoms with Crippen LogP contribution in [-0.2, 0) is 4.79 Å². The summed E-state index contributed by atoms with van der Waals surface area (Å²) in [6.45, 7) is 4.00. The Labute approximate surface area is 160 Å². The number of nitrogens with two attached hydrogens (primary N) is 2. The molecule has 0 atom stereocenters. The van der Waals surface area contributed by atoms with Crippen molar-refractivity contribution in [2.75, 3.05) is 11.5 Å². The average molecular weight is 368 g/mol. The number of ether oxygens (including phenoxy) is 1. The molecule has 0 bridgehead atoms. The fraction of sp³-hybridized carbons (Fsp3) is 0.364. The molecule has 144 valence electrons. The average Bonchev–Trinajstić information content (AvgIpc) is 2.69. The van der Waals surface area contributed by atoms with Crippen LogP contribution in [0.3, 0.4) is 0 Å². The summed E-state index contributed by atoms with van der Waals surface area (Å²) in [6.07, 6.45) is 2.64. The molecule has 0 saturated heterocycles. The summed E-state index contributed by atoms with van der Waals surface area (Å²) in [6, 6.07) is 14.0. The largest absolute Gasteiger partial charge is 0.426 e. The zero-order valence-electron chi connectivity index (χ0n) is 16.0. The highest BCUT2D eigenvalue weighted by Gasteiger charge is 2.31. The monoisotopic (exact) mass is 368 g/mol. The van der Waals surface area contributed by atoms with E-state index in [-0.39, 0.29) is 23.6 Å². The number of ketones is 1.